The van der Waals surface area contributed by atoms with Gasteiger partial charge in [0, 0.05) is 13.1 Å². The molecule has 0 aliphatic heterocycles. The zero-order chi connectivity index (χ0) is 14.5. The van der Waals surface area contributed by atoms with Crippen molar-refractivity contribution < 1.29 is 23.1 Å². The van der Waals surface area contributed by atoms with Crippen molar-refractivity contribution in [1.82, 2.24) is 9.88 Å². The summed E-state index contributed by atoms with van der Waals surface area (Å²) in [5.74, 6) is 0. The summed E-state index contributed by atoms with van der Waals surface area (Å²) in [7, 11) is 0. The number of nitrogens with zero attached hydrogens (tertiary/aromatic N) is 2. The molecule has 5 nitrogen and oxygen atoms in total. The van der Waals surface area contributed by atoms with E-state index in [0.29, 0.717) is 6.54 Å². The van der Waals surface area contributed by atoms with E-state index in [1.807, 2.05) is 0 Å². The largest absolute Gasteiger partial charge is 0.433 e. The van der Waals surface area contributed by atoms with E-state index in [9.17, 15) is 18.0 Å². The highest BCUT2D eigenvalue weighted by atomic mass is 19.4. The van der Waals surface area contributed by atoms with Crippen molar-refractivity contribution in [3.05, 3.63) is 24.0 Å². The lowest BCUT2D eigenvalue weighted by Gasteiger charge is -2.20. The molecule has 8 heteroatoms. The van der Waals surface area contributed by atoms with E-state index in [-0.39, 0.29) is 18.8 Å². The van der Waals surface area contributed by atoms with Gasteiger partial charge in [-0.1, -0.05) is 0 Å². The van der Waals surface area contributed by atoms with Crippen LogP contribution in [0.5, 0.6) is 0 Å². The molecule has 0 aliphatic carbocycles. The Bertz CT molecular complexity index is 420. The fraction of sp³-hybridized carbons (Fsp3) is 0.455. The van der Waals surface area contributed by atoms with Gasteiger partial charge in [-0.2, -0.15) is 13.2 Å². The van der Waals surface area contributed by atoms with E-state index in [1.165, 1.54) is 4.90 Å². The highest BCUT2D eigenvalue weighted by Crippen LogP contribution is 2.27. The predicted molar refractivity (Wildman–Crippen MR) is 62.6 cm³/mol. The van der Waals surface area contributed by atoms with Gasteiger partial charge in [0.25, 0.3) is 0 Å². The van der Waals surface area contributed by atoms with E-state index in [2.05, 4.69) is 10.3 Å². The van der Waals surface area contributed by atoms with Gasteiger partial charge in [0.05, 0.1) is 18.5 Å². The Morgan fingerprint density at radius 3 is 2.58 bits per heavy atom. The number of hydrogen-bond donors (Lipinski definition) is 2. The van der Waals surface area contributed by atoms with Crippen LogP contribution in [0.25, 0.3) is 0 Å². The SMILES string of the molecule is CCN(CCO)C(=O)Nc1ccc(C(F)(F)F)nc1. The second-order valence-electron chi connectivity index (χ2n) is 3.66. The highest BCUT2D eigenvalue weighted by molar-refractivity contribution is 5.89. The highest BCUT2D eigenvalue weighted by Gasteiger charge is 2.32. The molecule has 1 aromatic heterocycles. The molecule has 1 heterocycles. The van der Waals surface area contributed by atoms with Crippen LogP contribution in [0, 0.1) is 0 Å². The fourth-order valence-electron chi connectivity index (χ4n) is 1.36. The number of carbonyl (C=O) groups is 1. The molecular weight excluding hydrogens is 263 g/mol. The molecule has 0 aromatic carbocycles. The molecule has 1 aromatic rings. The molecule has 0 fully saturated rings. The van der Waals surface area contributed by atoms with Crippen molar-refractivity contribution in [3.8, 4) is 0 Å². The summed E-state index contributed by atoms with van der Waals surface area (Å²) in [5.41, 5.74) is -0.859. The molecule has 0 atom stereocenters. The summed E-state index contributed by atoms with van der Waals surface area (Å²) < 4.78 is 36.8. The molecule has 0 saturated heterocycles. The Morgan fingerprint density at radius 2 is 2.16 bits per heavy atom. The summed E-state index contributed by atoms with van der Waals surface area (Å²) in [6.45, 7) is 2.06. The predicted octanol–water partition coefficient (Wildman–Crippen LogP) is 1.95. The van der Waals surface area contributed by atoms with Gasteiger partial charge in [-0.15, -0.1) is 0 Å². The molecule has 0 radical (unpaired) electrons. The minimum Gasteiger partial charge on any atom is -0.395 e. The number of aromatic nitrogens is 1. The van der Waals surface area contributed by atoms with Crippen LogP contribution in [-0.2, 0) is 6.18 Å². The van der Waals surface area contributed by atoms with E-state index in [1.54, 1.807) is 6.92 Å². The minimum absolute atomic E-state index is 0.149. The molecular formula is C11H14F3N3O2. The number of hydrogen-bond acceptors (Lipinski definition) is 3. The minimum atomic E-state index is -4.51. The van der Waals surface area contributed by atoms with Gasteiger partial charge in [0.1, 0.15) is 5.69 Å². The van der Waals surface area contributed by atoms with Crippen LogP contribution < -0.4 is 5.32 Å². The Labute approximate surface area is 108 Å². The molecule has 106 valence electrons. The van der Waals surface area contributed by atoms with E-state index in [0.717, 1.165) is 18.3 Å². The number of carbonyl (C=O) groups excluding carboxylic acids is 1. The number of aliphatic hydroxyl groups excluding tert-OH is 1. The van der Waals surface area contributed by atoms with Crippen molar-refractivity contribution in [2.45, 2.75) is 13.1 Å². The van der Waals surface area contributed by atoms with Crippen LogP contribution in [0.4, 0.5) is 23.7 Å². The molecule has 19 heavy (non-hydrogen) atoms. The number of rotatable bonds is 4. The lowest BCUT2D eigenvalue weighted by atomic mass is 10.3. The first-order valence-electron chi connectivity index (χ1n) is 5.58. The van der Waals surface area contributed by atoms with Crippen molar-refractivity contribution in [2.75, 3.05) is 25.0 Å². The molecule has 0 spiro atoms. The van der Waals surface area contributed by atoms with E-state index < -0.39 is 17.9 Å². The Kier molecular flexibility index (Phi) is 5.11. The smallest absolute Gasteiger partial charge is 0.395 e. The van der Waals surface area contributed by atoms with Crippen LogP contribution in [0.1, 0.15) is 12.6 Å². The Balaban J connectivity index is 2.70. The zero-order valence-electron chi connectivity index (χ0n) is 10.2. The number of halogens is 3. The number of anilines is 1. The monoisotopic (exact) mass is 277 g/mol. The van der Waals surface area contributed by atoms with Gasteiger partial charge in [0.2, 0.25) is 0 Å². The summed E-state index contributed by atoms with van der Waals surface area (Å²) >= 11 is 0. The molecule has 2 N–H and O–H groups in total. The van der Waals surface area contributed by atoms with Gasteiger partial charge >= 0.3 is 12.2 Å². The van der Waals surface area contributed by atoms with Crippen LogP contribution in [-0.4, -0.2) is 40.7 Å². The van der Waals surface area contributed by atoms with Crippen LogP contribution in [0.15, 0.2) is 18.3 Å². The first kappa shape index (κ1) is 15.2. The number of amides is 2. The molecule has 0 saturated carbocycles. The second-order valence-corrected chi connectivity index (χ2v) is 3.66. The van der Waals surface area contributed by atoms with Gasteiger partial charge in [0.15, 0.2) is 0 Å². The summed E-state index contributed by atoms with van der Waals surface area (Å²) in [6.07, 6.45) is -3.57. The molecule has 0 bridgehead atoms. The lowest BCUT2D eigenvalue weighted by molar-refractivity contribution is -0.141. The van der Waals surface area contributed by atoms with Crippen LogP contribution in [0.3, 0.4) is 0 Å². The average Bonchev–Trinajstić information content (AvgIpc) is 2.35. The third-order valence-electron chi connectivity index (χ3n) is 2.34. The van der Waals surface area contributed by atoms with Crippen molar-refractivity contribution >= 4 is 11.7 Å². The topological polar surface area (TPSA) is 65.5 Å². The van der Waals surface area contributed by atoms with Crippen LogP contribution in [0.2, 0.25) is 0 Å². The van der Waals surface area contributed by atoms with Gasteiger partial charge in [-0.3, -0.25) is 0 Å². The molecule has 1 rings (SSSR count). The first-order chi connectivity index (χ1) is 8.88. The van der Waals surface area contributed by atoms with Gasteiger partial charge in [-0.05, 0) is 19.1 Å². The normalized spacial score (nSPS) is 11.2. The summed E-state index contributed by atoms with van der Waals surface area (Å²) in [5, 5.41) is 11.2. The maximum Gasteiger partial charge on any atom is 0.433 e. The quantitative estimate of drug-likeness (QED) is 0.884. The Morgan fingerprint density at radius 1 is 1.47 bits per heavy atom. The number of nitrogens with one attached hydrogen (secondary N) is 1. The van der Waals surface area contributed by atoms with E-state index >= 15 is 0 Å². The van der Waals surface area contributed by atoms with E-state index in [4.69, 9.17) is 5.11 Å². The first-order valence-corrected chi connectivity index (χ1v) is 5.58. The van der Waals surface area contributed by atoms with Crippen molar-refractivity contribution in [3.63, 3.8) is 0 Å². The van der Waals surface area contributed by atoms with Crippen molar-refractivity contribution in [2.24, 2.45) is 0 Å². The number of pyridine rings is 1. The maximum absolute atomic E-state index is 12.3. The standard InChI is InChI=1S/C11H14F3N3O2/c1-2-17(5-6-18)10(19)16-8-3-4-9(15-7-8)11(12,13)14/h3-4,7,18H,2,5-6H2,1H3,(H,16,19). The number of urea groups is 1. The number of alkyl halides is 3. The molecule has 0 unspecified atom stereocenters. The third kappa shape index (κ3) is 4.40. The van der Waals surface area contributed by atoms with Crippen molar-refractivity contribution in [1.29, 1.82) is 0 Å². The maximum atomic E-state index is 12.3. The summed E-state index contributed by atoms with van der Waals surface area (Å²) in [4.78, 5) is 16.2. The summed E-state index contributed by atoms with van der Waals surface area (Å²) in [6, 6.07) is 1.41. The lowest BCUT2D eigenvalue weighted by Crippen LogP contribution is -2.36. The second kappa shape index (κ2) is 6.37. The third-order valence-corrected chi connectivity index (χ3v) is 2.34. The van der Waals surface area contributed by atoms with Gasteiger partial charge in [-0.25, -0.2) is 9.78 Å². The van der Waals surface area contributed by atoms with Gasteiger partial charge < -0.3 is 15.3 Å². The van der Waals surface area contributed by atoms with Crippen LogP contribution >= 0.6 is 0 Å². The molecule has 2 amide bonds. The fourth-order valence-corrected chi connectivity index (χ4v) is 1.36. The number of likely N-dealkylation sites (N-methyl/N-ethyl adjacent to an activating group) is 1. The number of aliphatic hydroxyl groups is 1. The average molecular weight is 277 g/mol. The zero-order valence-corrected chi connectivity index (χ0v) is 10.2. The molecule has 0 aliphatic rings. The Hall–Kier alpha value is -1.83.